The maximum atomic E-state index is 13.4. The summed E-state index contributed by atoms with van der Waals surface area (Å²) in [5.74, 6) is 0.725. The summed E-state index contributed by atoms with van der Waals surface area (Å²) in [6.07, 6.45) is 1.56. The molecule has 0 N–H and O–H groups in total. The number of carbonyl (C=O) groups excluding carboxylic acids is 1. The van der Waals surface area contributed by atoms with E-state index in [4.69, 9.17) is 0 Å². The SMILES string of the molecule is CCC(=O)N1C[C@H](c2ccc(F)cc2)[C@H]2CN(Cc3ccccc3)CC[C@H]21. The van der Waals surface area contributed by atoms with Gasteiger partial charge in [-0.25, -0.2) is 4.39 Å². The van der Waals surface area contributed by atoms with Crippen LogP contribution in [0.4, 0.5) is 4.39 Å². The van der Waals surface area contributed by atoms with E-state index in [1.807, 2.05) is 25.1 Å². The lowest BCUT2D eigenvalue weighted by Crippen LogP contribution is -2.47. The van der Waals surface area contributed by atoms with Gasteiger partial charge in [0.25, 0.3) is 0 Å². The Balaban J connectivity index is 1.56. The molecule has 1 amide bonds. The van der Waals surface area contributed by atoms with Gasteiger partial charge in [-0.3, -0.25) is 9.69 Å². The fourth-order valence-electron chi connectivity index (χ4n) is 4.84. The summed E-state index contributed by atoms with van der Waals surface area (Å²) < 4.78 is 13.4. The number of likely N-dealkylation sites (tertiary alicyclic amines) is 2. The zero-order valence-corrected chi connectivity index (χ0v) is 15.9. The van der Waals surface area contributed by atoms with Crippen LogP contribution >= 0.6 is 0 Å². The molecule has 0 spiro atoms. The van der Waals surface area contributed by atoms with E-state index in [2.05, 4.69) is 34.1 Å². The molecule has 2 aromatic rings. The van der Waals surface area contributed by atoms with Crippen LogP contribution in [0.25, 0.3) is 0 Å². The van der Waals surface area contributed by atoms with Gasteiger partial charge in [0, 0.05) is 50.5 Å². The van der Waals surface area contributed by atoms with Crippen molar-refractivity contribution < 1.29 is 9.18 Å². The van der Waals surface area contributed by atoms with Crippen molar-refractivity contribution >= 4 is 5.91 Å². The van der Waals surface area contributed by atoms with Crippen LogP contribution in [0.5, 0.6) is 0 Å². The minimum absolute atomic E-state index is 0.205. The summed E-state index contributed by atoms with van der Waals surface area (Å²) in [4.78, 5) is 17.1. The third-order valence-corrected chi connectivity index (χ3v) is 6.18. The molecule has 3 nitrogen and oxygen atoms in total. The number of fused-ring (bicyclic) bond motifs is 1. The highest BCUT2D eigenvalue weighted by atomic mass is 19.1. The average molecular weight is 366 g/mol. The molecule has 142 valence electrons. The van der Waals surface area contributed by atoms with Gasteiger partial charge < -0.3 is 4.90 Å². The molecular formula is C23H27FN2O. The Morgan fingerprint density at radius 2 is 1.81 bits per heavy atom. The number of halogens is 1. The van der Waals surface area contributed by atoms with E-state index in [9.17, 15) is 9.18 Å². The van der Waals surface area contributed by atoms with Crippen LogP contribution < -0.4 is 0 Å². The van der Waals surface area contributed by atoms with Crippen LogP contribution in [0.3, 0.4) is 0 Å². The van der Waals surface area contributed by atoms with Crippen molar-refractivity contribution in [3.8, 4) is 0 Å². The predicted molar refractivity (Wildman–Crippen MR) is 105 cm³/mol. The highest BCUT2D eigenvalue weighted by Crippen LogP contribution is 2.42. The Hall–Kier alpha value is -2.20. The molecule has 3 atom stereocenters. The van der Waals surface area contributed by atoms with Gasteiger partial charge in [-0.1, -0.05) is 49.4 Å². The quantitative estimate of drug-likeness (QED) is 0.815. The molecule has 27 heavy (non-hydrogen) atoms. The summed E-state index contributed by atoms with van der Waals surface area (Å²) in [6.45, 7) is 5.64. The van der Waals surface area contributed by atoms with Crippen LogP contribution in [0.1, 0.15) is 36.8 Å². The van der Waals surface area contributed by atoms with Crippen molar-refractivity contribution in [3.05, 3.63) is 71.5 Å². The van der Waals surface area contributed by atoms with Gasteiger partial charge in [0.05, 0.1) is 0 Å². The van der Waals surface area contributed by atoms with Crippen molar-refractivity contribution in [2.75, 3.05) is 19.6 Å². The second-order valence-electron chi connectivity index (χ2n) is 7.80. The topological polar surface area (TPSA) is 23.6 Å². The number of hydrogen-bond acceptors (Lipinski definition) is 2. The zero-order valence-electron chi connectivity index (χ0n) is 15.9. The molecule has 2 aliphatic heterocycles. The zero-order chi connectivity index (χ0) is 18.8. The lowest BCUT2D eigenvalue weighted by molar-refractivity contribution is -0.132. The van der Waals surface area contributed by atoms with Crippen LogP contribution in [0.2, 0.25) is 0 Å². The maximum absolute atomic E-state index is 13.4. The second kappa shape index (κ2) is 7.81. The van der Waals surface area contributed by atoms with Crippen LogP contribution in [0, 0.1) is 11.7 Å². The number of hydrogen-bond donors (Lipinski definition) is 0. The molecule has 2 saturated heterocycles. The molecule has 2 heterocycles. The van der Waals surface area contributed by atoms with Gasteiger partial charge in [0.15, 0.2) is 0 Å². The van der Waals surface area contributed by atoms with Crippen LogP contribution in [-0.4, -0.2) is 41.4 Å². The summed E-state index contributed by atoms with van der Waals surface area (Å²) >= 11 is 0. The standard InChI is InChI=1S/C23H27FN2O/c1-2-23(27)26-16-20(18-8-10-19(24)11-9-18)21-15-25(13-12-22(21)26)14-17-6-4-3-5-7-17/h3-11,20-22H,2,12-16H2,1H3/t20-,21-,22-/m1/s1. The number of carbonyl (C=O) groups is 1. The summed E-state index contributed by atoms with van der Waals surface area (Å²) in [6, 6.07) is 17.7. The molecule has 2 fully saturated rings. The molecule has 0 saturated carbocycles. The minimum atomic E-state index is -0.205. The van der Waals surface area contributed by atoms with Crippen molar-refractivity contribution in [3.63, 3.8) is 0 Å². The Morgan fingerprint density at radius 3 is 2.52 bits per heavy atom. The van der Waals surface area contributed by atoms with Gasteiger partial charge >= 0.3 is 0 Å². The number of rotatable bonds is 4. The van der Waals surface area contributed by atoms with E-state index in [1.54, 1.807) is 12.1 Å². The van der Waals surface area contributed by atoms with Gasteiger partial charge in [0.1, 0.15) is 5.82 Å². The fraction of sp³-hybridized carbons (Fsp3) is 0.435. The largest absolute Gasteiger partial charge is 0.339 e. The smallest absolute Gasteiger partial charge is 0.222 e. The molecular weight excluding hydrogens is 339 g/mol. The molecule has 0 unspecified atom stereocenters. The Bertz CT molecular complexity index is 777. The van der Waals surface area contributed by atoms with Gasteiger partial charge in [-0.2, -0.15) is 0 Å². The fourth-order valence-corrected chi connectivity index (χ4v) is 4.84. The Morgan fingerprint density at radius 1 is 1.07 bits per heavy atom. The average Bonchev–Trinajstić information content (AvgIpc) is 3.08. The first-order valence-electron chi connectivity index (χ1n) is 9.97. The highest BCUT2D eigenvalue weighted by molar-refractivity contribution is 5.76. The van der Waals surface area contributed by atoms with E-state index in [-0.39, 0.29) is 17.6 Å². The second-order valence-corrected chi connectivity index (χ2v) is 7.80. The first-order chi connectivity index (χ1) is 13.2. The van der Waals surface area contributed by atoms with Gasteiger partial charge in [-0.05, 0) is 29.7 Å². The third kappa shape index (κ3) is 3.77. The summed E-state index contributed by atoms with van der Waals surface area (Å²) in [5.41, 5.74) is 2.48. The van der Waals surface area contributed by atoms with Crippen LogP contribution in [-0.2, 0) is 11.3 Å². The molecule has 0 radical (unpaired) electrons. The Kier molecular flexibility index (Phi) is 5.26. The molecule has 0 bridgehead atoms. The van der Waals surface area contributed by atoms with Crippen molar-refractivity contribution in [2.24, 2.45) is 5.92 Å². The first kappa shape index (κ1) is 18.2. The number of amides is 1. The highest BCUT2D eigenvalue weighted by Gasteiger charge is 2.46. The molecule has 2 aliphatic rings. The van der Waals surface area contributed by atoms with Gasteiger partial charge in [-0.15, -0.1) is 0 Å². The monoisotopic (exact) mass is 366 g/mol. The van der Waals surface area contributed by atoms with Crippen molar-refractivity contribution in [1.29, 1.82) is 0 Å². The maximum Gasteiger partial charge on any atom is 0.222 e. The van der Waals surface area contributed by atoms with Crippen LogP contribution in [0.15, 0.2) is 54.6 Å². The van der Waals surface area contributed by atoms with E-state index in [0.717, 1.165) is 38.2 Å². The molecule has 0 aromatic heterocycles. The molecule has 0 aliphatic carbocycles. The van der Waals surface area contributed by atoms with E-state index < -0.39 is 0 Å². The first-order valence-corrected chi connectivity index (χ1v) is 9.97. The van der Waals surface area contributed by atoms with Gasteiger partial charge in [0.2, 0.25) is 5.91 Å². The van der Waals surface area contributed by atoms with E-state index in [1.165, 1.54) is 5.56 Å². The number of benzene rings is 2. The normalized spacial score (nSPS) is 25.4. The Labute approximate surface area is 160 Å². The minimum Gasteiger partial charge on any atom is -0.339 e. The molecule has 4 heteroatoms. The van der Waals surface area contributed by atoms with E-state index >= 15 is 0 Å². The van der Waals surface area contributed by atoms with E-state index in [0.29, 0.717) is 18.4 Å². The molecule has 4 rings (SSSR count). The third-order valence-electron chi connectivity index (χ3n) is 6.18. The predicted octanol–water partition coefficient (Wildman–Crippen LogP) is 4.05. The molecule has 2 aromatic carbocycles. The van der Waals surface area contributed by atoms with Crippen molar-refractivity contribution in [2.45, 2.75) is 38.3 Å². The summed E-state index contributed by atoms with van der Waals surface area (Å²) in [7, 11) is 0. The lowest BCUT2D eigenvalue weighted by Gasteiger charge is -2.39. The summed E-state index contributed by atoms with van der Waals surface area (Å²) in [5, 5.41) is 0. The number of piperidine rings is 1. The number of nitrogens with zero attached hydrogens (tertiary/aromatic N) is 2. The van der Waals surface area contributed by atoms with Crippen molar-refractivity contribution in [1.82, 2.24) is 9.80 Å². The lowest BCUT2D eigenvalue weighted by atomic mass is 9.81.